The minimum atomic E-state index is -0.925. The predicted octanol–water partition coefficient (Wildman–Crippen LogP) is 3.89. The standard InChI is InChI=1S/C15H24N2O2S/c1-10-7-5-4-6-8-11(10)16-14-17-12(9-20-14)15(2,3)13(18)19/h9-11H,4-8H2,1-3H3,(H,16,17)(H,18,19). The molecule has 112 valence electrons. The minimum absolute atomic E-state index is 0.462. The number of carbonyl (C=O) groups is 1. The first kappa shape index (κ1) is 15.3. The molecule has 0 aromatic carbocycles. The fraction of sp³-hybridized carbons (Fsp3) is 0.733. The lowest BCUT2D eigenvalue weighted by molar-refractivity contribution is -0.142. The van der Waals surface area contributed by atoms with E-state index in [1.807, 2.05) is 5.38 Å². The molecule has 5 heteroatoms. The third kappa shape index (κ3) is 3.32. The van der Waals surface area contributed by atoms with Gasteiger partial charge in [0.2, 0.25) is 0 Å². The molecule has 0 aliphatic heterocycles. The summed E-state index contributed by atoms with van der Waals surface area (Å²) in [6, 6.07) is 0.462. The van der Waals surface area contributed by atoms with Crippen molar-refractivity contribution < 1.29 is 9.90 Å². The zero-order valence-corrected chi connectivity index (χ0v) is 13.3. The highest BCUT2D eigenvalue weighted by atomic mass is 32.1. The van der Waals surface area contributed by atoms with E-state index in [4.69, 9.17) is 0 Å². The van der Waals surface area contributed by atoms with Crippen molar-refractivity contribution in [3.8, 4) is 0 Å². The van der Waals surface area contributed by atoms with E-state index in [0.29, 0.717) is 17.7 Å². The van der Waals surface area contributed by atoms with Gasteiger partial charge in [-0.3, -0.25) is 4.79 Å². The van der Waals surface area contributed by atoms with Crippen LogP contribution in [0.1, 0.15) is 58.6 Å². The summed E-state index contributed by atoms with van der Waals surface area (Å²) in [7, 11) is 0. The fourth-order valence-electron chi connectivity index (χ4n) is 2.60. The van der Waals surface area contributed by atoms with Crippen molar-refractivity contribution >= 4 is 22.4 Å². The summed E-state index contributed by atoms with van der Waals surface area (Å²) in [5.41, 5.74) is -0.287. The van der Waals surface area contributed by atoms with Crippen molar-refractivity contribution in [3.05, 3.63) is 11.1 Å². The van der Waals surface area contributed by atoms with Crippen LogP contribution in [0.25, 0.3) is 0 Å². The number of aliphatic carboxylic acids is 1. The van der Waals surface area contributed by atoms with Gasteiger partial charge in [-0.1, -0.05) is 26.2 Å². The molecule has 20 heavy (non-hydrogen) atoms. The first-order valence-corrected chi connectivity index (χ1v) is 8.25. The van der Waals surface area contributed by atoms with Crippen LogP contribution in [0.15, 0.2) is 5.38 Å². The van der Waals surface area contributed by atoms with Crippen LogP contribution in [0.4, 0.5) is 5.13 Å². The smallest absolute Gasteiger partial charge is 0.315 e. The Kier molecular flexibility index (Phi) is 4.68. The summed E-state index contributed by atoms with van der Waals surface area (Å²) >= 11 is 1.51. The molecule has 0 radical (unpaired) electrons. The van der Waals surface area contributed by atoms with E-state index >= 15 is 0 Å². The maximum Gasteiger partial charge on any atom is 0.315 e. The van der Waals surface area contributed by atoms with Gasteiger partial charge < -0.3 is 10.4 Å². The van der Waals surface area contributed by atoms with Crippen molar-refractivity contribution in [1.82, 2.24) is 4.98 Å². The highest BCUT2D eigenvalue weighted by Crippen LogP contribution is 2.30. The van der Waals surface area contributed by atoms with E-state index in [9.17, 15) is 9.90 Å². The van der Waals surface area contributed by atoms with Gasteiger partial charge in [0.15, 0.2) is 5.13 Å². The first-order chi connectivity index (χ1) is 9.41. The predicted molar refractivity (Wildman–Crippen MR) is 82.4 cm³/mol. The van der Waals surface area contributed by atoms with E-state index in [1.165, 1.54) is 43.4 Å². The second-order valence-corrected chi connectivity index (χ2v) is 7.19. The number of carboxylic acids is 1. The molecule has 1 aromatic rings. The van der Waals surface area contributed by atoms with Gasteiger partial charge in [0.05, 0.1) is 5.69 Å². The number of hydrogen-bond donors (Lipinski definition) is 2. The van der Waals surface area contributed by atoms with E-state index in [-0.39, 0.29) is 0 Å². The average molecular weight is 296 g/mol. The minimum Gasteiger partial charge on any atom is -0.481 e. The van der Waals surface area contributed by atoms with Crippen LogP contribution in [0.5, 0.6) is 0 Å². The molecule has 1 saturated carbocycles. The second-order valence-electron chi connectivity index (χ2n) is 6.33. The summed E-state index contributed by atoms with van der Waals surface area (Å²) in [4.78, 5) is 15.8. The third-order valence-electron chi connectivity index (χ3n) is 4.35. The summed E-state index contributed by atoms with van der Waals surface area (Å²) in [6.45, 7) is 5.68. The molecule has 1 aliphatic carbocycles. The number of anilines is 1. The Balaban J connectivity index is 2.07. The maximum absolute atomic E-state index is 11.3. The second kappa shape index (κ2) is 6.12. The molecule has 2 rings (SSSR count). The number of nitrogens with one attached hydrogen (secondary N) is 1. The first-order valence-electron chi connectivity index (χ1n) is 7.37. The zero-order chi connectivity index (χ0) is 14.8. The molecule has 2 N–H and O–H groups in total. The molecule has 1 heterocycles. The van der Waals surface area contributed by atoms with Gasteiger partial charge in [-0.15, -0.1) is 11.3 Å². The Morgan fingerprint density at radius 2 is 2.10 bits per heavy atom. The quantitative estimate of drug-likeness (QED) is 0.828. The highest BCUT2D eigenvalue weighted by molar-refractivity contribution is 7.13. The average Bonchev–Trinajstić information content (AvgIpc) is 2.76. The molecular formula is C15H24N2O2S. The van der Waals surface area contributed by atoms with Crippen LogP contribution < -0.4 is 5.32 Å². The van der Waals surface area contributed by atoms with Crippen molar-refractivity contribution in [2.45, 2.75) is 64.3 Å². The molecule has 0 saturated heterocycles. The van der Waals surface area contributed by atoms with Crippen LogP contribution >= 0.6 is 11.3 Å². The monoisotopic (exact) mass is 296 g/mol. The van der Waals surface area contributed by atoms with Gasteiger partial charge >= 0.3 is 5.97 Å². The van der Waals surface area contributed by atoms with Gasteiger partial charge in [-0.2, -0.15) is 0 Å². The number of thiazole rings is 1. The number of aromatic nitrogens is 1. The molecule has 0 spiro atoms. The van der Waals surface area contributed by atoms with E-state index in [0.717, 1.165) is 5.13 Å². The van der Waals surface area contributed by atoms with Gasteiger partial charge in [-0.05, 0) is 32.6 Å². The summed E-state index contributed by atoms with van der Waals surface area (Å²) in [5.74, 6) is -0.186. The molecule has 4 nitrogen and oxygen atoms in total. The number of rotatable bonds is 4. The summed E-state index contributed by atoms with van der Waals surface area (Å²) in [6.07, 6.45) is 6.34. The highest BCUT2D eigenvalue weighted by Gasteiger charge is 2.32. The zero-order valence-electron chi connectivity index (χ0n) is 12.5. The lowest BCUT2D eigenvalue weighted by atomic mass is 9.90. The SMILES string of the molecule is CC1CCCCCC1Nc1nc(C(C)(C)C(=O)O)cs1. The van der Waals surface area contributed by atoms with Crippen LogP contribution in [0, 0.1) is 5.92 Å². The van der Waals surface area contributed by atoms with E-state index in [2.05, 4.69) is 17.2 Å². The van der Waals surface area contributed by atoms with Crippen molar-refractivity contribution in [2.75, 3.05) is 5.32 Å². The van der Waals surface area contributed by atoms with Gasteiger partial charge in [-0.25, -0.2) is 4.98 Å². The van der Waals surface area contributed by atoms with Crippen LogP contribution in [0.3, 0.4) is 0 Å². The van der Waals surface area contributed by atoms with Gasteiger partial charge in [0.1, 0.15) is 5.41 Å². The molecule has 0 amide bonds. The molecule has 1 aromatic heterocycles. The van der Waals surface area contributed by atoms with Crippen molar-refractivity contribution in [2.24, 2.45) is 5.92 Å². The van der Waals surface area contributed by atoms with Crippen LogP contribution in [-0.4, -0.2) is 22.1 Å². The summed E-state index contributed by atoms with van der Waals surface area (Å²) < 4.78 is 0. The Morgan fingerprint density at radius 1 is 1.40 bits per heavy atom. The maximum atomic E-state index is 11.3. The largest absolute Gasteiger partial charge is 0.481 e. The lowest BCUT2D eigenvalue weighted by Crippen LogP contribution is -2.29. The Bertz CT molecular complexity index is 470. The van der Waals surface area contributed by atoms with Gasteiger partial charge in [0.25, 0.3) is 0 Å². The molecular weight excluding hydrogens is 272 g/mol. The molecule has 2 unspecified atom stereocenters. The van der Waals surface area contributed by atoms with Crippen molar-refractivity contribution in [1.29, 1.82) is 0 Å². The summed E-state index contributed by atoms with van der Waals surface area (Å²) in [5, 5.41) is 15.5. The fourth-order valence-corrected chi connectivity index (χ4v) is 3.54. The number of carboxylic acid groups (broad SMARTS) is 1. The molecule has 1 fully saturated rings. The molecule has 1 aliphatic rings. The number of nitrogens with zero attached hydrogens (tertiary/aromatic N) is 1. The molecule has 0 bridgehead atoms. The van der Waals surface area contributed by atoms with Crippen molar-refractivity contribution in [3.63, 3.8) is 0 Å². The Labute approximate surface area is 124 Å². The van der Waals surface area contributed by atoms with E-state index in [1.54, 1.807) is 13.8 Å². The van der Waals surface area contributed by atoms with E-state index < -0.39 is 11.4 Å². The van der Waals surface area contributed by atoms with Gasteiger partial charge in [0, 0.05) is 11.4 Å². The van der Waals surface area contributed by atoms with Crippen LogP contribution in [-0.2, 0) is 10.2 Å². The lowest BCUT2D eigenvalue weighted by Gasteiger charge is -2.22. The normalized spacial score (nSPS) is 24.1. The Morgan fingerprint density at radius 3 is 2.80 bits per heavy atom. The third-order valence-corrected chi connectivity index (χ3v) is 5.12. The number of hydrogen-bond acceptors (Lipinski definition) is 4. The topological polar surface area (TPSA) is 62.2 Å². The van der Waals surface area contributed by atoms with Crippen LogP contribution in [0.2, 0.25) is 0 Å². The Hall–Kier alpha value is -1.10. The molecule has 2 atom stereocenters.